The summed E-state index contributed by atoms with van der Waals surface area (Å²) in [5, 5.41) is 0. The van der Waals surface area contributed by atoms with Crippen molar-refractivity contribution in [3.05, 3.63) is 48.0 Å². The Morgan fingerprint density at radius 3 is 2.37 bits per heavy atom. The lowest BCUT2D eigenvalue weighted by atomic mass is 9.76. The maximum atomic E-state index is 13.2. The second-order valence-corrected chi connectivity index (χ2v) is 8.34. The molecule has 27 heavy (non-hydrogen) atoms. The molecule has 0 amide bonds. The van der Waals surface area contributed by atoms with Crippen molar-refractivity contribution in [1.82, 2.24) is 0 Å². The first-order chi connectivity index (χ1) is 13.3. The number of Topliss-reactive ketones (excluding diaryl/α,β-unsaturated/α-hetero) is 1. The van der Waals surface area contributed by atoms with E-state index in [4.69, 9.17) is 9.41 Å². The molecule has 3 nitrogen and oxygen atoms in total. The molecule has 1 unspecified atom stereocenters. The van der Waals surface area contributed by atoms with Crippen LogP contribution >= 0.6 is 0 Å². The van der Waals surface area contributed by atoms with Gasteiger partial charge in [-0.1, -0.05) is 56.8 Å². The molecule has 2 saturated carbocycles. The highest BCUT2D eigenvalue weighted by molar-refractivity contribution is 6.07. The molecule has 0 aromatic carbocycles. The normalized spacial score (nSPS) is 25.0. The summed E-state index contributed by atoms with van der Waals surface area (Å²) in [4.78, 5) is 18.3. The third-order valence-corrected chi connectivity index (χ3v) is 6.51. The van der Waals surface area contributed by atoms with E-state index in [1.165, 1.54) is 57.1 Å². The lowest BCUT2D eigenvalue weighted by molar-refractivity contribution is -0.120. The Hall–Kier alpha value is -1.90. The first kappa shape index (κ1) is 18.5. The van der Waals surface area contributed by atoms with E-state index in [0.717, 1.165) is 24.2 Å². The van der Waals surface area contributed by atoms with Crippen LogP contribution in [0.4, 0.5) is 0 Å². The Bertz CT molecular complexity index is 714. The summed E-state index contributed by atoms with van der Waals surface area (Å²) >= 11 is 0. The molecule has 0 radical (unpaired) electrons. The maximum absolute atomic E-state index is 13.2. The number of hydrogen-bond acceptors (Lipinski definition) is 3. The van der Waals surface area contributed by atoms with Gasteiger partial charge in [0, 0.05) is 23.1 Å². The van der Waals surface area contributed by atoms with E-state index in [9.17, 15) is 4.79 Å². The van der Waals surface area contributed by atoms with Crippen molar-refractivity contribution in [2.24, 2.45) is 22.7 Å². The van der Waals surface area contributed by atoms with Gasteiger partial charge in [0.2, 0.25) is 0 Å². The highest BCUT2D eigenvalue weighted by Gasteiger charge is 2.34. The van der Waals surface area contributed by atoms with Gasteiger partial charge in [-0.15, -0.1) is 0 Å². The van der Waals surface area contributed by atoms with Crippen LogP contribution in [-0.4, -0.2) is 11.5 Å². The third kappa shape index (κ3) is 4.34. The Labute approximate surface area is 162 Å². The summed E-state index contributed by atoms with van der Waals surface area (Å²) < 4.78 is 5.50. The number of allylic oxidation sites excluding steroid dienone is 4. The van der Waals surface area contributed by atoms with Crippen LogP contribution in [-0.2, 0) is 11.3 Å². The maximum Gasteiger partial charge on any atom is 0.162 e. The van der Waals surface area contributed by atoms with Gasteiger partial charge in [-0.3, -0.25) is 9.79 Å². The van der Waals surface area contributed by atoms with Gasteiger partial charge >= 0.3 is 0 Å². The smallest absolute Gasteiger partial charge is 0.162 e. The van der Waals surface area contributed by atoms with Gasteiger partial charge in [-0.2, -0.15) is 0 Å². The zero-order valence-corrected chi connectivity index (χ0v) is 16.2. The summed E-state index contributed by atoms with van der Waals surface area (Å²) in [5.41, 5.74) is 2.21. The molecule has 0 saturated heterocycles. The van der Waals surface area contributed by atoms with Crippen LogP contribution in [0.15, 0.2) is 51.6 Å². The van der Waals surface area contributed by atoms with E-state index in [2.05, 4.69) is 18.2 Å². The summed E-state index contributed by atoms with van der Waals surface area (Å²) in [6, 6.07) is 3.90. The average Bonchev–Trinajstić information content (AvgIpc) is 3.41. The molecule has 0 spiro atoms. The van der Waals surface area contributed by atoms with E-state index < -0.39 is 0 Å². The van der Waals surface area contributed by atoms with Crippen molar-refractivity contribution in [2.45, 2.75) is 70.8 Å². The minimum Gasteiger partial charge on any atom is -0.467 e. The van der Waals surface area contributed by atoms with E-state index in [1.807, 2.05) is 12.1 Å². The molecule has 0 bridgehead atoms. The quantitative estimate of drug-likeness (QED) is 0.575. The molecule has 3 aliphatic carbocycles. The zero-order valence-electron chi connectivity index (χ0n) is 16.2. The second kappa shape index (κ2) is 8.86. The predicted molar refractivity (Wildman–Crippen MR) is 109 cm³/mol. The van der Waals surface area contributed by atoms with Crippen molar-refractivity contribution >= 4 is 11.5 Å². The van der Waals surface area contributed by atoms with Crippen molar-refractivity contribution in [2.75, 3.05) is 0 Å². The largest absolute Gasteiger partial charge is 0.467 e. The monoisotopic (exact) mass is 365 g/mol. The summed E-state index contributed by atoms with van der Waals surface area (Å²) in [7, 11) is 0. The number of aliphatic imine (C=N–C) groups is 1. The Morgan fingerprint density at radius 1 is 1.00 bits per heavy atom. The second-order valence-electron chi connectivity index (χ2n) is 8.34. The Kier molecular flexibility index (Phi) is 6.06. The van der Waals surface area contributed by atoms with Crippen LogP contribution in [0.1, 0.15) is 70.0 Å². The number of rotatable bonds is 6. The fourth-order valence-electron chi connectivity index (χ4n) is 5.02. The number of ketones is 1. The van der Waals surface area contributed by atoms with Crippen LogP contribution in [0.5, 0.6) is 0 Å². The standard InChI is InChI=1S/C24H31NO2/c26-24(19-11-5-2-6-12-19)22-15-7-14-21(22)23(18-9-3-1-4-10-18)25-17-20-13-8-16-27-20/h7-8,13-16,18-19,21H,1-6,9-12,17H2. The Morgan fingerprint density at radius 2 is 1.70 bits per heavy atom. The molecule has 1 heterocycles. The fraction of sp³-hybridized carbons (Fsp3) is 0.583. The SMILES string of the molecule is O=C(C1=CC=CC1C(=NCc1ccco1)C1CCCCC1)C1CCCCC1. The van der Waals surface area contributed by atoms with Gasteiger partial charge in [-0.25, -0.2) is 0 Å². The molecule has 2 fully saturated rings. The zero-order chi connectivity index (χ0) is 18.5. The lowest BCUT2D eigenvalue weighted by Crippen LogP contribution is -2.30. The van der Waals surface area contributed by atoms with E-state index in [-0.39, 0.29) is 11.8 Å². The number of nitrogens with zero attached hydrogens (tertiary/aromatic N) is 1. The molecular formula is C24H31NO2. The molecular weight excluding hydrogens is 334 g/mol. The highest BCUT2D eigenvalue weighted by Crippen LogP contribution is 2.36. The number of furan rings is 1. The minimum absolute atomic E-state index is 0.0810. The molecule has 0 aliphatic heterocycles. The summed E-state index contributed by atoms with van der Waals surface area (Å²) in [5.74, 6) is 2.09. The molecule has 3 heteroatoms. The third-order valence-electron chi connectivity index (χ3n) is 6.51. The van der Waals surface area contributed by atoms with Crippen LogP contribution in [0.25, 0.3) is 0 Å². The minimum atomic E-state index is 0.0810. The van der Waals surface area contributed by atoms with Crippen molar-refractivity contribution < 1.29 is 9.21 Å². The van der Waals surface area contributed by atoms with Crippen LogP contribution in [0.2, 0.25) is 0 Å². The predicted octanol–water partition coefficient (Wildman–Crippen LogP) is 6.06. The fourth-order valence-corrected chi connectivity index (χ4v) is 5.02. The van der Waals surface area contributed by atoms with Gasteiger partial charge in [0.15, 0.2) is 5.78 Å². The van der Waals surface area contributed by atoms with Gasteiger partial charge in [0.05, 0.1) is 12.8 Å². The first-order valence-corrected chi connectivity index (χ1v) is 10.8. The number of carbonyl (C=O) groups is 1. The van der Waals surface area contributed by atoms with E-state index in [0.29, 0.717) is 18.2 Å². The molecule has 1 atom stereocenters. The molecule has 3 aliphatic rings. The van der Waals surface area contributed by atoms with Gasteiger partial charge in [0.1, 0.15) is 5.76 Å². The number of hydrogen-bond donors (Lipinski definition) is 0. The van der Waals surface area contributed by atoms with Crippen molar-refractivity contribution in [3.8, 4) is 0 Å². The molecule has 0 N–H and O–H groups in total. The van der Waals surface area contributed by atoms with Crippen LogP contribution < -0.4 is 0 Å². The summed E-state index contributed by atoms with van der Waals surface area (Å²) in [6.07, 6.45) is 20.1. The molecule has 4 rings (SSSR count). The van der Waals surface area contributed by atoms with Crippen molar-refractivity contribution in [3.63, 3.8) is 0 Å². The summed E-state index contributed by atoms with van der Waals surface area (Å²) in [6.45, 7) is 0.577. The van der Waals surface area contributed by atoms with Crippen LogP contribution in [0.3, 0.4) is 0 Å². The molecule has 1 aromatic heterocycles. The van der Waals surface area contributed by atoms with Gasteiger partial charge < -0.3 is 4.42 Å². The topological polar surface area (TPSA) is 42.6 Å². The molecule has 1 aromatic rings. The van der Waals surface area contributed by atoms with Crippen LogP contribution in [0, 0.1) is 17.8 Å². The lowest BCUT2D eigenvalue weighted by Gasteiger charge is -2.29. The van der Waals surface area contributed by atoms with E-state index in [1.54, 1.807) is 6.26 Å². The van der Waals surface area contributed by atoms with Crippen molar-refractivity contribution in [1.29, 1.82) is 0 Å². The average molecular weight is 366 g/mol. The molecule has 144 valence electrons. The highest BCUT2D eigenvalue weighted by atomic mass is 16.3. The van der Waals surface area contributed by atoms with E-state index >= 15 is 0 Å². The number of carbonyl (C=O) groups excluding carboxylic acids is 1. The Balaban J connectivity index is 1.56. The van der Waals surface area contributed by atoms with Gasteiger partial charge in [-0.05, 0) is 43.7 Å². The first-order valence-electron chi connectivity index (χ1n) is 10.8. The van der Waals surface area contributed by atoms with Gasteiger partial charge in [0.25, 0.3) is 0 Å².